The first kappa shape index (κ1) is 19.5. The lowest BCUT2D eigenvalue weighted by molar-refractivity contribution is -0.118. The predicted octanol–water partition coefficient (Wildman–Crippen LogP) is 3.40. The summed E-state index contributed by atoms with van der Waals surface area (Å²) in [4.78, 5) is 16.9. The van der Waals surface area contributed by atoms with E-state index in [0.29, 0.717) is 13.0 Å². The van der Waals surface area contributed by atoms with Gasteiger partial charge in [-0.05, 0) is 48.9 Å². The Morgan fingerprint density at radius 1 is 1.37 bits per heavy atom. The number of ether oxygens (including phenoxy) is 1. The van der Waals surface area contributed by atoms with Crippen LogP contribution in [0.4, 0.5) is 15.8 Å². The van der Waals surface area contributed by atoms with Gasteiger partial charge in [0.2, 0.25) is 5.91 Å². The molecular formula is C23H27FN4O2. The van der Waals surface area contributed by atoms with Crippen molar-refractivity contribution in [1.29, 1.82) is 0 Å². The van der Waals surface area contributed by atoms with Gasteiger partial charge in [-0.2, -0.15) is 0 Å². The highest BCUT2D eigenvalue weighted by Gasteiger charge is 2.45. The smallest absolute Gasteiger partial charge is 0.241 e. The van der Waals surface area contributed by atoms with Crippen LogP contribution in [0.5, 0.6) is 0 Å². The quantitative estimate of drug-likeness (QED) is 0.652. The molecule has 1 aromatic heterocycles. The zero-order chi connectivity index (χ0) is 20.7. The second kappa shape index (κ2) is 7.63. The number of rotatable bonds is 7. The van der Waals surface area contributed by atoms with Gasteiger partial charge in [0, 0.05) is 25.4 Å². The van der Waals surface area contributed by atoms with Crippen LogP contribution in [-0.2, 0) is 15.1 Å². The molecule has 0 radical (unpaired) electrons. The van der Waals surface area contributed by atoms with E-state index in [0.717, 1.165) is 30.0 Å². The fraction of sp³-hybridized carbons (Fsp3) is 0.478. The van der Waals surface area contributed by atoms with Gasteiger partial charge in [-0.1, -0.05) is 18.9 Å². The van der Waals surface area contributed by atoms with Crippen molar-refractivity contribution < 1.29 is 13.9 Å². The van der Waals surface area contributed by atoms with Crippen molar-refractivity contribution in [2.75, 3.05) is 24.3 Å². The van der Waals surface area contributed by atoms with Gasteiger partial charge >= 0.3 is 0 Å². The lowest BCUT2D eigenvalue weighted by atomic mass is 9.73. The molecule has 3 aliphatic rings. The third-order valence-electron chi connectivity index (χ3n) is 6.71. The molecule has 6 nitrogen and oxygen atoms in total. The number of fused-ring (bicyclic) bond motifs is 1. The number of nitrogens with zero attached hydrogens (tertiary/aromatic N) is 1. The van der Waals surface area contributed by atoms with Gasteiger partial charge in [-0.15, -0.1) is 0 Å². The Morgan fingerprint density at radius 3 is 2.97 bits per heavy atom. The normalized spacial score (nSPS) is 27.1. The Labute approximate surface area is 175 Å². The summed E-state index contributed by atoms with van der Waals surface area (Å²) >= 11 is 0. The zero-order valence-electron chi connectivity index (χ0n) is 17.1. The van der Waals surface area contributed by atoms with Gasteiger partial charge in [0.25, 0.3) is 0 Å². The summed E-state index contributed by atoms with van der Waals surface area (Å²) in [6.07, 6.45) is 8.86. The average Bonchev–Trinajstić information content (AvgIpc) is 3.44. The van der Waals surface area contributed by atoms with Gasteiger partial charge in [-0.3, -0.25) is 9.78 Å². The van der Waals surface area contributed by atoms with Crippen LogP contribution in [0.25, 0.3) is 0 Å². The molecule has 3 atom stereocenters. The molecule has 2 fully saturated rings. The van der Waals surface area contributed by atoms with E-state index in [2.05, 4.69) is 20.9 Å². The van der Waals surface area contributed by atoms with Crippen molar-refractivity contribution in [3.63, 3.8) is 0 Å². The fourth-order valence-corrected chi connectivity index (χ4v) is 4.69. The standard InChI is InChI=1S/C23H27FN4O2/c1-30-16-11-20(26-12-16)22(29)27-19-10-15(4-5-18(19)24)23(8-6-14-2-3-14)17-7-9-25-13-21(17)28-23/h4-5,7,9-10,13-14,16,20,26,28H,2-3,6,8,11-12H2,1H3,(H,27,29)/t16-,20?,23?/m1/s1. The van der Waals surface area contributed by atoms with E-state index in [1.807, 2.05) is 18.3 Å². The molecule has 3 N–H and O–H groups in total. The monoisotopic (exact) mass is 410 g/mol. The highest BCUT2D eigenvalue weighted by molar-refractivity contribution is 5.95. The fourth-order valence-electron chi connectivity index (χ4n) is 4.69. The number of benzene rings is 1. The highest BCUT2D eigenvalue weighted by Crippen LogP contribution is 2.51. The lowest BCUT2D eigenvalue weighted by Crippen LogP contribution is -2.45. The van der Waals surface area contributed by atoms with E-state index < -0.39 is 5.82 Å². The van der Waals surface area contributed by atoms with Crippen molar-refractivity contribution in [2.24, 2.45) is 5.92 Å². The van der Waals surface area contributed by atoms with Gasteiger partial charge < -0.3 is 20.7 Å². The van der Waals surface area contributed by atoms with Crippen LogP contribution in [0.3, 0.4) is 0 Å². The molecule has 1 saturated heterocycles. The first-order chi connectivity index (χ1) is 14.6. The molecule has 3 heterocycles. The largest absolute Gasteiger partial charge is 0.380 e. The number of pyridine rings is 1. The minimum Gasteiger partial charge on any atom is -0.380 e. The molecule has 1 aliphatic carbocycles. The summed E-state index contributed by atoms with van der Waals surface area (Å²) in [7, 11) is 1.63. The molecular weight excluding hydrogens is 383 g/mol. The van der Waals surface area contributed by atoms with Crippen molar-refractivity contribution in [1.82, 2.24) is 10.3 Å². The van der Waals surface area contributed by atoms with Crippen LogP contribution in [0.2, 0.25) is 0 Å². The third-order valence-corrected chi connectivity index (χ3v) is 6.71. The van der Waals surface area contributed by atoms with Crippen molar-refractivity contribution >= 4 is 17.3 Å². The number of methoxy groups -OCH3 is 1. The van der Waals surface area contributed by atoms with E-state index in [1.54, 1.807) is 19.4 Å². The predicted molar refractivity (Wildman–Crippen MR) is 113 cm³/mol. The molecule has 5 rings (SSSR count). The van der Waals surface area contributed by atoms with Crippen LogP contribution >= 0.6 is 0 Å². The van der Waals surface area contributed by atoms with Crippen LogP contribution in [-0.4, -0.2) is 36.7 Å². The maximum Gasteiger partial charge on any atom is 0.241 e. The molecule has 0 spiro atoms. The highest BCUT2D eigenvalue weighted by atomic mass is 19.1. The number of amides is 1. The van der Waals surface area contributed by atoms with Gasteiger partial charge in [0.15, 0.2) is 0 Å². The number of halogens is 1. The van der Waals surface area contributed by atoms with Crippen LogP contribution in [0.1, 0.15) is 43.2 Å². The maximum absolute atomic E-state index is 14.6. The van der Waals surface area contributed by atoms with Crippen molar-refractivity contribution in [2.45, 2.75) is 49.8 Å². The third kappa shape index (κ3) is 3.46. The van der Waals surface area contributed by atoms with Crippen LogP contribution in [0, 0.1) is 11.7 Å². The number of carbonyl (C=O) groups excluding carboxylic acids is 1. The van der Waals surface area contributed by atoms with Crippen LogP contribution < -0.4 is 16.0 Å². The average molecular weight is 410 g/mol. The SMILES string of the molecule is CO[C@H]1CNC(C(=O)Nc2cc(C3(CCC4CC4)Nc4cnccc43)ccc2F)C1. The summed E-state index contributed by atoms with van der Waals surface area (Å²) in [5, 5.41) is 9.50. The van der Waals surface area contributed by atoms with Gasteiger partial charge in [0.1, 0.15) is 5.82 Å². The Hall–Kier alpha value is -2.51. The molecule has 1 saturated carbocycles. The molecule has 2 aromatic rings. The molecule has 7 heteroatoms. The second-order valence-electron chi connectivity index (χ2n) is 8.67. The molecule has 2 aliphatic heterocycles. The molecule has 158 valence electrons. The first-order valence-electron chi connectivity index (χ1n) is 10.7. The number of anilines is 2. The number of hydrogen-bond acceptors (Lipinski definition) is 5. The maximum atomic E-state index is 14.6. The summed E-state index contributed by atoms with van der Waals surface area (Å²) in [5.41, 5.74) is 3.02. The molecule has 1 aromatic carbocycles. The zero-order valence-corrected chi connectivity index (χ0v) is 17.1. The number of nitrogens with one attached hydrogen (secondary N) is 3. The minimum atomic E-state index is -0.431. The Balaban J connectivity index is 1.40. The second-order valence-corrected chi connectivity index (χ2v) is 8.67. The molecule has 30 heavy (non-hydrogen) atoms. The van der Waals surface area contributed by atoms with Gasteiger partial charge in [-0.25, -0.2) is 4.39 Å². The lowest BCUT2D eigenvalue weighted by Gasteiger charge is -2.46. The van der Waals surface area contributed by atoms with Crippen molar-refractivity contribution in [3.8, 4) is 0 Å². The molecule has 1 amide bonds. The number of aromatic nitrogens is 1. The summed E-state index contributed by atoms with van der Waals surface area (Å²) in [6, 6.07) is 6.70. The molecule has 2 unspecified atom stereocenters. The molecule has 0 bridgehead atoms. The Morgan fingerprint density at radius 2 is 2.23 bits per heavy atom. The Bertz CT molecular complexity index is 964. The van der Waals surface area contributed by atoms with Crippen LogP contribution in [0.15, 0.2) is 36.7 Å². The summed E-state index contributed by atoms with van der Waals surface area (Å²) in [5.74, 6) is 0.125. The van der Waals surface area contributed by atoms with E-state index in [9.17, 15) is 9.18 Å². The summed E-state index contributed by atoms with van der Waals surface area (Å²) in [6.45, 7) is 0.621. The Kier molecular flexibility index (Phi) is 4.95. The van der Waals surface area contributed by atoms with E-state index in [-0.39, 0.29) is 29.3 Å². The number of carbonyl (C=O) groups is 1. The van der Waals surface area contributed by atoms with E-state index >= 15 is 0 Å². The van der Waals surface area contributed by atoms with Crippen molar-refractivity contribution in [3.05, 3.63) is 53.6 Å². The minimum absolute atomic E-state index is 0.00640. The van der Waals surface area contributed by atoms with E-state index in [4.69, 9.17) is 4.74 Å². The summed E-state index contributed by atoms with van der Waals surface area (Å²) < 4.78 is 19.9. The number of hydrogen-bond donors (Lipinski definition) is 3. The first-order valence-corrected chi connectivity index (χ1v) is 10.7. The topological polar surface area (TPSA) is 75.3 Å². The van der Waals surface area contributed by atoms with Gasteiger partial charge in [0.05, 0.1) is 35.3 Å². The van der Waals surface area contributed by atoms with E-state index in [1.165, 1.54) is 24.5 Å².